The molecular formula is C19H17FN6O. The molecule has 0 saturated carbocycles. The third-order valence-electron chi connectivity index (χ3n) is 4.00. The van der Waals surface area contributed by atoms with Gasteiger partial charge in [0.15, 0.2) is 0 Å². The molecule has 0 atom stereocenters. The minimum atomic E-state index is -0.287. The van der Waals surface area contributed by atoms with E-state index in [1.807, 2.05) is 42.4 Å². The fourth-order valence-corrected chi connectivity index (χ4v) is 2.81. The third-order valence-corrected chi connectivity index (χ3v) is 4.00. The maximum absolute atomic E-state index is 13.8. The van der Waals surface area contributed by atoms with E-state index in [0.717, 1.165) is 11.3 Å². The summed E-state index contributed by atoms with van der Waals surface area (Å²) in [4.78, 5) is 10.6. The van der Waals surface area contributed by atoms with Gasteiger partial charge >= 0.3 is 0 Å². The van der Waals surface area contributed by atoms with Gasteiger partial charge in [-0.2, -0.15) is 10.1 Å². The molecule has 8 heteroatoms. The van der Waals surface area contributed by atoms with Crippen molar-refractivity contribution < 1.29 is 8.91 Å². The van der Waals surface area contributed by atoms with E-state index in [1.54, 1.807) is 23.1 Å². The van der Waals surface area contributed by atoms with E-state index in [0.29, 0.717) is 30.5 Å². The van der Waals surface area contributed by atoms with Gasteiger partial charge < -0.3 is 4.52 Å². The quantitative estimate of drug-likeness (QED) is 0.523. The average molecular weight is 364 g/mol. The van der Waals surface area contributed by atoms with Crippen molar-refractivity contribution >= 4 is 0 Å². The van der Waals surface area contributed by atoms with E-state index in [9.17, 15) is 4.39 Å². The molecule has 27 heavy (non-hydrogen) atoms. The second-order valence-corrected chi connectivity index (χ2v) is 6.12. The van der Waals surface area contributed by atoms with Crippen molar-refractivity contribution in [2.45, 2.75) is 13.1 Å². The lowest BCUT2D eigenvalue weighted by molar-refractivity contribution is 0.260. The van der Waals surface area contributed by atoms with E-state index in [4.69, 9.17) is 4.52 Å². The molecule has 7 nitrogen and oxygen atoms in total. The van der Waals surface area contributed by atoms with Crippen LogP contribution in [-0.4, -0.2) is 36.9 Å². The van der Waals surface area contributed by atoms with Gasteiger partial charge in [0.05, 0.1) is 12.2 Å². The summed E-state index contributed by atoms with van der Waals surface area (Å²) in [7, 11) is 1.91. The number of hydrogen-bond donors (Lipinski definition) is 0. The molecule has 0 fully saturated rings. The highest BCUT2D eigenvalue weighted by Gasteiger charge is 2.14. The molecule has 0 saturated heterocycles. The second-order valence-electron chi connectivity index (χ2n) is 6.12. The van der Waals surface area contributed by atoms with Crippen molar-refractivity contribution in [3.8, 4) is 17.2 Å². The molecule has 3 aromatic heterocycles. The van der Waals surface area contributed by atoms with E-state index in [2.05, 4.69) is 20.2 Å². The fraction of sp³-hybridized carbons (Fsp3) is 0.158. The van der Waals surface area contributed by atoms with Crippen molar-refractivity contribution in [1.29, 1.82) is 0 Å². The lowest BCUT2D eigenvalue weighted by atomic mass is 10.1. The molecule has 0 aliphatic rings. The highest BCUT2D eigenvalue weighted by atomic mass is 19.1. The van der Waals surface area contributed by atoms with Crippen molar-refractivity contribution in [1.82, 2.24) is 29.8 Å². The van der Waals surface area contributed by atoms with Gasteiger partial charge in [0.25, 0.3) is 0 Å². The molecule has 0 bridgehead atoms. The number of pyridine rings is 1. The summed E-state index contributed by atoms with van der Waals surface area (Å²) in [5.74, 6) is 0.627. The van der Waals surface area contributed by atoms with Crippen LogP contribution >= 0.6 is 0 Å². The van der Waals surface area contributed by atoms with Crippen LogP contribution in [0.2, 0.25) is 0 Å². The van der Waals surface area contributed by atoms with Gasteiger partial charge in [-0.3, -0.25) is 9.88 Å². The molecule has 4 rings (SSSR count). The number of hydrogen-bond acceptors (Lipinski definition) is 6. The number of aromatic nitrogens is 5. The monoisotopic (exact) mass is 364 g/mol. The molecule has 0 radical (unpaired) electrons. The van der Waals surface area contributed by atoms with Crippen LogP contribution in [0.4, 0.5) is 4.39 Å². The summed E-state index contributed by atoms with van der Waals surface area (Å²) < 4.78 is 20.8. The Morgan fingerprint density at radius 3 is 2.81 bits per heavy atom. The summed E-state index contributed by atoms with van der Waals surface area (Å²) in [6.07, 6.45) is 5.20. The highest BCUT2D eigenvalue weighted by molar-refractivity contribution is 5.47. The van der Waals surface area contributed by atoms with Gasteiger partial charge in [-0.1, -0.05) is 11.2 Å². The molecule has 0 unspecified atom stereocenters. The minimum Gasteiger partial charge on any atom is -0.337 e. The molecule has 0 aliphatic heterocycles. The largest absolute Gasteiger partial charge is 0.337 e. The summed E-state index contributed by atoms with van der Waals surface area (Å²) >= 11 is 0. The first-order chi connectivity index (χ1) is 13.2. The summed E-state index contributed by atoms with van der Waals surface area (Å²) in [5, 5.41) is 8.20. The zero-order chi connectivity index (χ0) is 18.6. The standard InChI is InChI=1S/C19H17FN6O/c1-25(13-18-23-19(24-27-18)16-5-2-3-8-21-16)12-14-11-15(20)6-7-17(14)26-10-4-9-22-26/h2-11H,12-13H2,1H3. The number of nitrogens with zero attached hydrogens (tertiary/aromatic N) is 6. The predicted octanol–water partition coefficient (Wildman–Crippen LogP) is 3.09. The van der Waals surface area contributed by atoms with E-state index >= 15 is 0 Å². The Bertz CT molecular complexity index is 1020. The minimum absolute atomic E-state index is 0.287. The van der Waals surface area contributed by atoms with Crippen LogP contribution in [0.15, 0.2) is 65.6 Å². The maximum Gasteiger partial charge on any atom is 0.241 e. The number of halogens is 1. The van der Waals surface area contributed by atoms with Gasteiger partial charge in [0.1, 0.15) is 11.5 Å². The Kier molecular flexibility index (Phi) is 4.71. The molecule has 0 amide bonds. The van der Waals surface area contributed by atoms with Crippen LogP contribution in [-0.2, 0) is 13.1 Å². The Hall–Kier alpha value is -3.39. The summed E-state index contributed by atoms with van der Waals surface area (Å²) in [5.41, 5.74) is 2.29. The lowest BCUT2D eigenvalue weighted by Gasteiger charge is -2.17. The predicted molar refractivity (Wildman–Crippen MR) is 96.2 cm³/mol. The number of rotatable bonds is 6. The van der Waals surface area contributed by atoms with Crippen LogP contribution in [0.25, 0.3) is 17.2 Å². The molecule has 0 aliphatic carbocycles. The van der Waals surface area contributed by atoms with Crippen LogP contribution in [0.3, 0.4) is 0 Å². The van der Waals surface area contributed by atoms with E-state index < -0.39 is 0 Å². The van der Waals surface area contributed by atoms with Gasteiger partial charge in [-0.05, 0) is 49.0 Å². The van der Waals surface area contributed by atoms with Crippen molar-refractivity contribution in [2.75, 3.05) is 7.05 Å². The van der Waals surface area contributed by atoms with Crippen molar-refractivity contribution in [3.63, 3.8) is 0 Å². The summed E-state index contributed by atoms with van der Waals surface area (Å²) in [6, 6.07) is 12.0. The highest BCUT2D eigenvalue weighted by Crippen LogP contribution is 2.19. The molecule has 0 spiro atoms. The Morgan fingerprint density at radius 1 is 1.11 bits per heavy atom. The normalized spacial score (nSPS) is 11.2. The Balaban J connectivity index is 1.50. The Morgan fingerprint density at radius 2 is 2.04 bits per heavy atom. The smallest absolute Gasteiger partial charge is 0.241 e. The average Bonchev–Trinajstić information content (AvgIpc) is 3.35. The van der Waals surface area contributed by atoms with Gasteiger partial charge in [-0.25, -0.2) is 9.07 Å². The zero-order valence-electron chi connectivity index (χ0n) is 14.7. The topological polar surface area (TPSA) is 72.9 Å². The molecule has 3 heterocycles. The van der Waals surface area contributed by atoms with Gasteiger partial charge in [0.2, 0.25) is 11.7 Å². The van der Waals surface area contributed by atoms with Crippen LogP contribution < -0.4 is 0 Å². The molecule has 1 aromatic carbocycles. The molecule has 4 aromatic rings. The SMILES string of the molecule is CN(Cc1nc(-c2ccccn2)no1)Cc1cc(F)ccc1-n1cccn1. The van der Waals surface area contributed by atoms with Crippen LogP contribution in [0.5, 0.6) is 0 Å². The maximum atomic E-state index is 13.8. The zero-order valence-corrected chi connectivity index (χ0v) is 14.7. The lowest BCUT2D eigenvalue weighted by Crippen LogP contribution is -2.19. The fourth-order valence-electron chi connectivity index (χ4n) is 2.81. The molecule has 136 valence electrons. The van der Waals surface area contributed by atoms with Gasteiger partial charge in [0, 0.05) is 25.1 Å². The molecular weight excluding hydrogens is 347 g/mol. The second kappa shape index (κ2) is 7.46. The third kappa shape index (κ3) is 3.90. The first-order valence-electron chi connectivity index (χ1n) is 8.40. The van der Waals surface area contributed by atoms with E-state index in [1.165, 1.54) is 12.1 Å². The number of benzene rings is 1. The van der Waals surface area contributed by atoms with Crippen molar-refractivity contribution in [2.24, 2.45) is 0 Å². The van der Waals surface area contributed by atoms with Gasteiger partial charge in [-0.15, -0.1) is 0 Å². The summed E-state index contributed by atoms with van der Waals surface area (Å²) in [6.45, 7) is 0.920. The van der Waals surface area contributed by atoms with Crippen LogP contribution in [0.1, 0.15) is 11.5 Å². The first-order valence-corrected chi connectivity index (χ1v) is 8.40. The van der Waals surface area contributed by atoms with Crippen molar-refractivity contribution in [3.05, 3.63) is 78.3 Å². The first kappa shape index (κ1) is 17.0. The van der Waals surface area contributed by atoms with E-state index in [-0.39, 0.29) is 5.82 Å². The van der Waals surface area contributed by atoms with Crippen LogP contribution in [0, 0.1) is 5.82 Å². The molecule has 0 N–H and O–H groups in total. The Labute approximate surface area is 155 Å².